The van der Waals surface area contributed by atoms with Crippen LogP contribution in [0.2, 0.25) is 0 Å². The molecular formula is C16H19FN2. The fraction of sp³-hybridized carbons (Fsp3) is 0.250. The second kappa shape index (κ2) is 6.23. The lowest BCUT2D eigenvalue weighted by molar-refractivity contribution is 0.630. The monoisotopic (exact) mass is 258 g/mol. The quantitative estimate of drug-likeness (QED) is 0.793. The van der Waals surface area contributed by atoms with Crippen LogP contribution in [0, 0.1) is 19.7 Å². The molecule has 0 amide bonds. The van der Waals surface area contributed by atoms with E-state index in [4.69, 9.17) is 0 Å². The van der Waals surface area contributed by atoms with Gasteiger partial charge in [0.2, 0.25) is 0 Å². The van der Waals surface area contributed by atoms with E-state index in [1.807, 2.05) is 6.07 Å². The van der Waals surface area contributed by atoms with E-state index < -0.39 is 0 Å². The molecule has 0 aliphatic carbocycles. The predicted octanol–water partition coefficient (Wildman–Crippen LogP) is 3.97. The van der Waals surface area contributed by atoms with E-state index in [0.29, 0.717) is 12.2 Å². The van der Waals surface area contributed by atoms with Crippen molar-refractivity contribution < 1.29 is 4.39 Å². The summed E-state index contributed by atoms with van der Waals surface area (Å²) in [5, 5.41) is 6.39. The largest absolute Gasteiger partial charge is 0.383 e. The fourth-order valence-corrected chi connectivity index (χ4v) is 1.86. The highest BCUT2D eigenvalue weighted by Crippen LogP contribution is 2.14. The Morgan fingerprint density at radius 1 is 0.895 bits per heavy atom. The Kier molecular flexibility index (Phi) is 4.39. The van der Waals surface area contributed by atoms with Crippen molar-refractivity contribution in [1.82, 2.24) is 0 Å². The standard InChI is InChI=1S/C16H19FN2/c1-12-7-8-14(11-13(12)2)18-9-10-19-16-6-4-3-5-15(16)17/h3-8,11,18-19H,9-10H2,1-2H3. The third-order valence-electron chi connectivity index (χ3n) is 3.15. The van der Waals surface area contributed by atoms with E-state index in [2.05, 4.69) is 42.7 Å². The normalized spacial score (nSPS) is 10.3. The number of rotatable bonds is 5. The Bertz CT molecular complexity index is 552. The molecule has 0 spiro atoms. The summed E-state index contributed by atoms with van der Waals surface area (Å²) in [7, 11) is 0. The molecule has 0 aliphatic heterocycles. The number of para-hydroxylation sites is 1. The van der Waals surface area contributed by atoms with Crippen molar-refractivity contribution in [2.75, 3.05) is 23.7 Å². The first-order valence-electron chi connectivity index (χ1n) is 6.46. The first kappa shape index (κ1) is 13.4. The minimum absolute atomic E-state index is 0.214. The van der Waals surface area contributed by atoms with Crippen molar-refractivity contribution in [3.05, 3.63) is 59.4 Å². The van der Waals surface area contributed by atoms with Crippen molar-refractivity contribution in [2.24, 2.45) is 0 Å². The van der Waals surface area contributed by atoms with Crippen LogP contribution in [0.5, 0.6) is 0 Å². The molecule has 0 unspecified atom stereocenters. The molecule has 2 aromatic rings. The summed E-state index contributed by atoms with van der Waals surface area (Å²) >= 11 is 0. The number of hydrogen-bond acceptors (Lipinski definition) is 2. The van der Waals surface area contributed by atoms with Gasteiger partial charge in [0.05, 0.1) is 5.69 Å². The number of benzene rings is 2. The van der Waals surface area contributed by atoms with Crippen molar-refractivity contribution >= 4 is 11.4 Å². The van der Waals surface area contributed by atoms with Crippen molar-refractivity contribution in [3.8, 4) is 0 Å². The van der Waals surface area contributed by atoms with Crippen LogP contribution in [0.3, 0.4) is 0 Å². The molecule has 2 aromatic carbocycles. The van der Waals surface area contributed by atoms with Gasteiger partial charge >= 0.3 is 0 Å². The lowest BCUT2D eigenvalue weighted by atomic mass is 10.1. The average molecular weight is 258 g/mol. The SMILES string of the molecule is Cc1ccc(NCCNc2ccccc2F)cc1C. The van der Waals surface area contributed by atoms with E-state index in [1.54, 1.807) is 12.1 Å². The zero-order chi connectivity index (χ0) is 13.7. The minimum Gasteiger partial charge on any atom is -0.383 e. The lowest BCUT2D eigenvalue weighted by Gasteiger charge is -2.10. The van der Waals surface area contributed by atoms with Gasteiger partial charge in [-0.15, -0.1) is 0 Å². The number of hydrogen-bond donors (Lipinski definition) is 2. The molecule has 0 fully saturated rings. The van der Waals surface area contributed by atoms with Crippen LogP contribution in [-0.2, 0) is 0 Å². The molecule has 0 radical (unpaired) electrons. The summed E-state index contributed by atoms with van der Waals surface area (Å²) in [6.07, 6.45) is 0. The zero-order valence-corrected chi connectivity index (χ0v) is 11.3. The second-order valence-electron chi connectivity index (χ2n) is 4.63. The van der Waals surface area contributed by atoms with Gasteiger partial charge in [-0.25, -0.2) is 4.39 Å². The van der Waals surface area contributed by atoms with Crippen molar-refractivity contribution in [1.29, 1.82) is 0 Å². The van der Waals surface area contributed by atoms with E-state index in [0.717, 1.165) is 12.2 Å². The van der Waals surface area contributed by atoms with Crippen LogP contribution in [0.4, 0.5) is 15.8 Å². The summed E-state index contributed by atoms with van der Waals surface area (Å²) in [6, 6.07) is 13.0. The van der Waals surface area contributed by atoms with Gasteiger partial charge in [0, 0.05) is 18.8 Å². The van der Waals surface area contributed by atoms with E-state index in [-0.39, 0.29) is 5.82 Å². The molecule has 100 valence electrons. The van der Waals surface area contributed by atoms with Gasteiger partial charge in [0.15, 0.2) is 0 Å². The Morgan fingerprint density at radius 3 is 2.37 bits per heavy atom. The van der Waals surface area contributed by atoms with Crippen LogP contribution in [0.15, 0.2) is 42.5 Å². The van der Waals surface area contributed by atoms with Gasteiger partial charge < -0.3 is 10.6 Å². The van der Waals surface area contributed by atoms with Crippen LogP contribution >= 0.6 is 0 Å². The number of aryl methyl sites for hydroxylation is 2. The Labute approximate surface area is 113 Å². The van der Waals surface area contributed by atoms with Crippen LogP contribution in [0.25, 0.3) is 0 Å². The maximum absolute atomic E-state index is 13.4. The maximum Gasteiger partial charge on any atom is 0.146 e. The highest BCUT2D eigenvalue weighted by molar-refractivity contribution is 5.49. The van der Waals surface area contributed by atoms with Gasteiger partial charge in [0.25, 0.3) is 0 Å². The summed E-state index contributed by atoms with van der Waals surface area (Å²) in [4.78, 5) is 0. The summed E-state index contributed by atoms with van der Waals surface area (Å²) in [5.74, 6) is -0.214. The number of halogens is 1. The molecule has 0 aliphatic rings. The van der Waals surface area contributed by atoms with Gasteiger partial charge in [-0.3, -0.25) is 0 Å². The molecule has 0 aromatic heterocycles. The zero-order valence-electron chi connectivity index (χ0n) is 11.3. The Hall–Kier alpha value is -2.03. The first-order valence-corrected chi connectivity index (χ1v) is 6.46. The number of anilines is 2. The maximum atomic E-state index is 13.4. The molecule has 0 saturated carbocycles. The summed E-state index contributed by atoms with van der Waals surface area (Å²) in [6.45, 7) is 5.61. The van der Waals surface area contributed by atoms with Gasteiger partial charge in [-0.2, -0.15) is 0 Å². The van der Waals surface area contributed by atoms with Crippen LogP contribution in [-0.4, -0.2) is 13.1 Å². The van der Waals surface area contributed by atoms with E-state index in [9.17, 15) is 4.39 Å². The Balaban J connectivity index is 1.81. The van der Waals surface area contributed by atoms with Crippen molar-refractivity contribution in [3.63, 3.8) is 0 Å². The summed E-state index contributed by atoms with van der Waals surface area (Å²) < 4.78 is 13.4. The molecule has 3 heteroatoms. The lowest BCUT2D eigenvalue weighted by Crippen LogP contribution is -2.14. The fourth-order valence-electron chi connectivity index (χ4n) is 1.86. The molecule has 0 atom stereocenters. The first-order chi connectivity index (χ1) is 9.16. The van der Waals surface area contributed by atoms with Gasteiger partial charge in [-0.1, -0.05) is 18.2 Å². The number of nitrogens with one attached hydrogen (secondary N) is 2. The molecule has 2 N–H and O–H groups in total. The predicted molar refractivity (Wildman–Crippen MR) is 79.3 cm³/mol. The third kappa shape index (κ3) is 3.71. The topological polar surface area (TPSA) is 24.1 Å². The van der Waals surface area contributed by atoms with Crippen LogP contribution in [0.1, 0.15) is 11.1 Å². The van der Waals surface area contributed by atoms with Gasteiger partial charge in [-0.05, 0) is 49.2 Å². The van der Waals surface area contributed by atoms with Crippen LogP contribution < -0.4 is 10.6 Å². The molecule has 19 heavy (non-hydrogen) atoms. The molecule has 0 heterocycles. The summed E-state index contributed by atoms with van der Waals surface area (Å²) in [5.41, 5.74) is 4.20. The molecule has 2 nitrogen and oxygen atoms in total. The Morgan fingerprint density at radius 2 is 1.63 bits per heavy atom. The highest BCUT2D eigenvalue weighted by atomic mass is 19.1. The molecule has 0 saturated heterocycles. The minimum atomic E-state index is -0.214. The molecule has 2 rings (SSSR count). The van der Waals surface area contributed by atoms with E-state index in [1.165, 1.54) is 17.2 Å². The van der Waals surface area contributed by atoms with E-state index >= 15 is 0 Å². The third-order valence-corrected chi connectivity index (χ3v) is 3.15. The van der Waals surface area contributed by atoms with Crippen molar-refractivity contribution in [2.45, 2.75) is 13.8 Å². The second-order valence-corrected chi connectivity index (χ2v) is 4.63. The molecule has 0 bridgehead atoms. The highest BCUT2D eigenvalue weighted by Gasteiger charge is 1.99. The average Bonchev–Trinajstić information content (AvgIpc) is 2.40. The smallest absolute Gasteiger partial charge is 0.146 e. The van der Waals surface area contributed by atoms with Gasteiger partial charge in [0.1, 0.15) is 5.82 Å². The molecular weight excluding hydrogens is 239 g/mol.